The molecule has 0 aliphatic rings. The van der Waals surface area contributed by atoms with Crippen molar-refractivity contribution in [2.45, 2.75) is 13.5 Å². The fraction of sp³-hybridized carbons (Fsp3) is 0.0769. The van der Waals surface area contributed by atoms with Gasteiger partial charge in [-0.05, 0) is 29.7 Å². The largest absolute Gasteiger partial charge is 0.486 e. The van der Waals surface area contributed by atoms with Crippen molar-refractivity contribution in [1.82, 2.24) is 0 Å². The molecule has 0 radical (unpaired) electrons. The van der Waals surface area contributed by atoms with Crippen LogP contribution in [-0.4, -0.2) is 0 Å². The molecular weight excluding hydrogens is 385 g/mol. The molecular formula is C26H21F3O. The molecule has 3 aromatic carbocycles. The van der Waals surface area contributed by atoms with Crippen molar-refractivity contribution in [1.29, 1.82) is 0 Å². The standard InChI is InChI=1S/C26H21F3O/c1-17(2)15-24(27)18(3)30-16-19-9-11-21(12-10-19)23-14-13-22(25(28)26(23)29)20-7-5-4-6-8-20/h4-15H,1,3,16H2,2H3/b24-15+. The Morgan fingerprint density at radius 1 is 0.833 bits per heavy atom. The van der Waals surface area contributed by atoms with Crippen LogP contribution >= 0.6 is 0 Å². The summed E-state index contributed by atoms with van der Waals surface area (Å²) in [7, 11) is 0. The molecule has 0 spiro atoms. The maximum Gasteiger partial charge on any atom is 0.167 e. The summed E-state index contributed by atoms with van der Waals surface area (Å²) in [5.41, 5.74) is 2.81. The van der Waals surface area contributed by atoms with Gasteiger partial charge in [-0.25, -0.2) is 13.2 Å². The van der Waals surface area contributed by atoms with Crippen molar-refractivity contribution in [2.24, 2.45) is 0 Å². The van der Waals surface area contributed by atoms with Crippen molar-refractivity contribution in [3.8, 4) is 22.3 Å². The summed E-state index contributed by atoms with van der Waals surface area (Å²) in [5, 5.41) is 0. The summed E-state index contributed by atoms with van der Waals surface area (Å²) in [5.74, 6) is -2.47. The van der Waals surface area contributed by atoms with Gasteiger partial charge in [-0.3, -0.25) is 0 Å². The van der Waals surface area contributed by atoms with Gasteiger partial charge in [-0.2, -0.15) is 0 Å². The van der Waals surface area contributed by atoms with Crippen LogP contribution in [0.5, 0.6) is 0 Å². The van der Waals surface area contributed by atoms with Crippen LogP contribution in [0.2, 0.25) is 0 Å². The number of ether oxygens (including phenoxy) is 1. The highest BCUT2D eigenvalue weighted by Crippen LogP contribution is 2.31. The van der Waals surface area contributed by atoms with Gasteiger partial charge in [-0.1, -0.05) is 85.5 Å². The monoisotopic (exact) mass is 406 g/mol. The first-order valence-corrected chi connectivity index (χ1v) is 9.34. The lowest BCUT2D eigenvalue weighted by atomic mass is 9.98. The fourth-order valence-corrected chi connectivity index (χ4v) is 2.93. The third-order valence-corrected chi connectivity index (χ3v) is 4.48. The van der Waals surface area contributed by atoms with E-state index in [1.165, 1.54) is 6.08 Å². The molecule has 0 bridgehead atoms. The molecule has 0 aliphatic carbocycles. The molecule has 30 heavy (non-hydrogen) atoms. The molecule has 0 saturated carbocycles. The van der Waals surface area contributed by atoms with Gasteiger partial charge in [0.05, 0.1) is 0 Å². The number of hydrogen-bond donors (Lipinski definition) is 0. The molecule has 0 amide bonds. The average Bonchev–Trinajstić information content (AvgIpc) is 2.74. The fourth-order valence-electron chi connectivity index (χ4n) is 2.93. The summed E-state index contributed by atoms with van der Waals surface area (Å²) in [4.78, 5) is 0. The summed E-state index contributed by atoms with van der Waals surface area (Å²) in [6.45, 7) is 8.91. The van der Waals surface area contributed by atoms with Crippen LogP contribution in [0.3, 0.4) is 0 Å². The number of allylic oxidation sites excluding steroid dienone is 3. The van der Waals surface area contributed by atoms with Crippen molar-refractivity contribution in [3.63, 3.8) is 0 Å². The molecule has 0 heterocycles. The van der Waals surface area contributed by atoms with E-state index in [0.717, 1.165) is 5.56 Å². The van der Waals surface area contributed by atoms with Gasteiger partial charge in [0.1, 0.15) is 12.4 Å². The van der Waals surface area contributed by atoms with E-state index < -0.39 is 17.5 Å². The lowest BCUT2D eigenvalue weighted by molar-refractivity contribution is 0.197. The van der Waals surface area contributed by atoms with Gasteiger partial charge >= 0.3 is 0 Å². The Bertz CT molecular complexity index is 1100. The minimum absolute atomic E-state index is 0.0910. The van der Waals surface area contributed by atoms with E-state index in [2.05, 4.69) is 13.2 Å². The van der Waals surface area contributed by atoms with Crippen LogP contribution in [0, 0.1) is 11.6 Å². The third kappa shape index (κ3) is 4.90. The molecule has 3 aromatic rings. The smallest absolute Gasteiger partial charge is 0.167 e. The first-order valence-electron chi connectivity index (χ1n) is 9.34. The van der Waals surface area contributed by atoms with Gasteiger partial charge in [0, 0.05) is 11.1 Å². The Morgan fingerprint density at radius 3 is 1.90 bits per heavy atom. The van der Waals surface area contributed by atoms with Gasteiger partial charge in [0.25, 0.3) is 0 Å². The second kappa shape index (κ2) is 9.31. The Labute approximate surface area is 174 Å². The number of benzene rings is 3. The van der Waals surface area contributed by atoms with E-state index in [0.29, 0.717) is 16.7 Å². The summed E-state index contributed by atoms with van der Waals surface area (Å²) in [6.07, 6.45) is 1.24. The summed E-state index contributed by atoms with van der Waals surface area (Å²) < 4.78 is 48.5. The summed E-state index contributed by atoms with van der Waals surface area (Å²) in [6, 6.07) is 18.7. The molecule has 3 rings (SSSR count). The Kier molecular flexibility index (Phi) is 6.58. The topological polar surface area (TPSA) is 9.23 Å². The molecule has 1 nitrogen and oxygen atoms in total. The predicted molar refractivity (Wildman–Crippen MR) is 115 cm³/mol. The molecule has 4 heteroatoms. The highest BCUT2D eigenvalue weighted by Gasteiger charge is 2.16. The van der Waals surface area contributed by atoms with E-state index >= 15 is 0 Å². The van der Waals surface area contributed by atoms with Crippen LogP contribution in [0.4, 0.5) is 13.2 Å². The van der Waals surface area contributed by atoms with E-state index in [4.69, 9.17) is 4.74 Å². The molecule has 0 N–H and O–H groups in total. The lowest BCUT2D eigenvalue weighted by Crippen LogP contribution is -1.96. The second-order valence-corrected chi connectivity index (χ2v) is 6.90. The maximum atomic E-state index is 14.7. The summed E-state index contributed by atoms with van der Waals surface area (Å²) >= 11 is 0. The molecule has 0 unspecified atom stereocenters. The average molecular weight is 406 g/mol. The Balaban J connectivity index is 1.76. The first-order chi connectivity index (χ1) is 14.4. The molecule has 152 valence electrons. The number of halogens is 3. The van der Waals surface area contributed by atoms with E-state index in [1.807, 2.05) is 6.07 Å². The molecule has 0 saturated heterocycles. The normalized spacial score (nSPS) is 11.3. The number of rotatable bonds is 7. The highest BCUT2D eigenvalue weighted by molar-refractivity contribution is 5.71. The number of hydrogen-bond acceptors (Lipinski definition) is 1. The highest BCUT2D eigenvalue weighted by atomic mass is 19.2. The van der Waals surface area contributed by atoms with Crippen molar-refractivity contribution >= 4 is 0 Å². The van der Waals surface area contributed by atoms with Crippen molar-refractivity contribution in [2.75, 3.05) is 0 Å². The predicted octanol–water partition coefficient (Wildman–Crippen LogP) is 7.76. The minimum Gasteiger partial charge on any atom is -0.486 e. The van der Waals surface area contributed by atoms with Crippen LogP contribution in [0.15, 0.2) is 103 Å². The van der Waals surface area contributed by atoms with Gasteiger partial charge < -0.3 is 4.74 Å². The zero-order valence-corrected chi connectivity index (χ0v) is 16.6. The zero-order valence-electron chi connectivity index (χ0n) is 16.6. The van der Waals surface area contributed by atoms with Crippen LogP contribution in [0.25, 0.3) is 22.3 Å². The third-order valence-electron chi connectivity index (χ3n) is 4.48. The van der Waals surface area contributed by atoms with Gasteiger partial charge in [0.2, 0.25) is 0 Å². The van der Waals surface area contributed by atoms with Crippen LogP contribution in [0.1, 0.15) is 12.5 Å². The maximum absolute atomic E-state index is 14.7. The van der Waals surface area contributed by atoms with Crippen LogP contribution in [-0.2, 0) is 11.3 Å². The minimum atomic E-state index is -0.902. The SMILES string of the molecule is C=C(C)/C=C(/F)C(=C)OCc1ccc(-c2ccc(-c3ccccc3)c(F)c2F)cc1. The van der Waals surface area contributed by atoms with Gasteiger partial charge in [0.15, 0.2) is 17.5 Å². The first kappa shape index (κ1) is 21.2. The molecule has 0 aliphatic heterocycles. The second-order valence-electron chi connectivity index (χ2n) is 6.90. The zero-order chi connectivity index (χ0) is 21.7. The Morgan fingerprint density at radius 2 is 1.37 bits per heavy atom. The molecule has 0 fully saturated rings. The van der Waals surface area contributed by atoms with Gasteiger partial charge in [-0.15, -0.1) is 0 Å². The molecule has 0 atom stereocenters. The lowest BCUT2D eigenvalue weighted by Gasteiger charge is -2.11. The van der Waals surface area contributed by atoms with Crippen molar-refractivity contribution in [3.05, 3.63) is 120 Å². The van der Waals surface area contributed by atoms with Crippen molar-refractivity contribution < 1.29 is 17.9 Å². The van der Waals surface area contributed by atoms with E-state index in [-0.39, 0.29) is 23.5 Å². The quantitative estimate of drug-likeness (QED) is 0.288. The van der Waals surface area contributed by atoms with Crippen LogP contribution < -0.4 is 0 Å². The Hall–Kier alpha value is -3.53. The van der Waals surface area contributed by atoms with E-state index in [9.17, 15) is 13.2 Å². The molecule has 0 aromatic heterocycles. The van der Waals surface area contributed by atoms with E-state index in [1.54, 1.807) is 67.6 Å².